The third kappa shape index (κ3) is 2.10. The number of nitrogens with one attached hydrogen (secondary N) is 1. The standard InChI is InChI=1S/C13H18N2O2/c14-13(10-3-4-15-8-10)9-1-2-11-12(7-9)17-6-5-16-11/h1-2,7,10,13,15H,3-6,8,14H2. The molecule has 4 heteroatoms. The first-order valence-electron chi connectivity index (χ1n) is 6.20. The first-order chi connectivity index (χ1) is 8.34. The van der Waals surface area contributed by atoms with E-state index in [4.69, 9.17) is 15.2 Å². The van der Waals surface area contributed by atoms with Gasteiger partial charge in [-0.1, -0.05) is 6.07 Å². The lowest BCUT2D eigenvalue weighted by Crippen LogP contribution is -2.24. The predicted octanol–water partition coefficient (Wildman–Crippen LogP) is 1.07. The summed E-state index contributed by atoms with van der Waals surface area (Å²) >= 11 is 0. The molecule has 2 unspecified atom stereocenters. The molecule has 0 spiro atoms. The summed E-state index contributed by atoms with van der Waals surface area (Å²) in [5, 5.41) is 3.35. The summed E-state index contributed by atoms with van der Waals surface area (Å²) < 4.78 is 11.1. The Hall–Kier alpha value is -1.26. The van der Waals surface area contributed by atoms with E-state index in [1.165, 1.54) is 0 Å². The zero-order valence-electron chi connectivity index (χ0n) is 9.82. The molecule has 2 atom stereocenters. The molecular weight excluding hydrogens is 216 g/mol. The van der Waals surface area contributed by atoms with Crippen LogP contribution in [0.2, 0.25) is 0 Å². The molecule has 0 bridgehead atoms. The molecule has 1 saturated heterocycles. The Bertz CT molecular complexity index is 402. The van der Waals surface area contributed by atoms with E-state index in [9.17, 15) is 0 Å². The van der Waals surface area contributed by atoms with Crippen LogP contribution in [0.15, 0.2) is 18.2 Å². The molecule has 0 aromatic heterocycles. The Labute approximate surface area is 101 Å². The van der Waals surface area contributed by atoms with Crippen molar-refractivity contribution in [1.29, 1.82) is 0 Å². The number of rotatable bonds is 2. The molecule has 1 aromatic carbocycles. The van der Waals surface area contributed by atoms with Gasteiger partial charge in [-0.15, -0.1) is 0 Å². The van der Waals surface area contributed by atoms with Gasteiger partial charge in [0.1, 0.15) is 13.2 Å². The van der Waals surface area contributed by atoms with Crippen molar-refractivity contribution in [2.24, 2.45) is 11.7 Å². The van der Waals surface area contributed by atoms with Crippen molar-refractivity contribution in [2.75, 3.05) is 26.3 Å². The molecule has 1 fully saturated rings. The Morgan fingerprint density at radius 3 is 2.82 bits per heavy atom. The summed E-state index contributed by atoms with van der Waals surface area (Å²) in [6.07, 6.45) is 1.15. The monoisotopic (exact) mass is 234 g/mol. The zero-order valence-corrected chi connectivity index (χ0v) is 9.82. The minimum Gasteiger partial charge on any atom is -0.486 e. The summed E-state index contributed by atoms with van der Waals surface area (Å²) in [6.45, 7) is 3.33. The fraction of sp³-hybridized carbons (Fsp3) is 0.538. The largest absolute Gasteiger partial charge is 0.486 e. The van der Waals surface area contributed by atoms with E-state index in [1.807, 2.05) is 12.1 Å². The van der Waals surface area contributed by atoms with Gasteiger partial charge in [0, 0.05) is 6.04 Å². The van der Waals surface area contributed by atoms with Gasteiger partial charge in [0.05, 0.1) is 0 Å². The van der Waals surface area contributed by atoms with Crippen LogP contribution in [-0.2, 0) is 0 Å². The highest BCUT2D eigenvalue weighted by Crippen LogP contribution is 2.34. The Morgan fingerprint density at radius 2 is 2.06 bits per heavy atom. The summed E-state index contributed by atoms with van der Waals surface area (Å²) in [6, 6.07) is 6.13. The van der Waals surface area contributed by atoms with Gasteiger partial charge in [0.15, 0.2) is 11.5 Å². The van der Waals surface area contributed by atoms with Gasteiger partial charge in [0.25, 0.3) is 0 Å². The fourth-order valence-electron chi connectivity index (χ4n) is 2.52. The minimum atomic E-state index is 0.0841. The van der Waals surface area contributed by atoms with Crippen molar-refractivity contribution in [1.82, 2.24) is 5.32 Å². The van der Waals surface area contributed by atoms with E-state index < -0.39 is 0 Å². The molecule has 0 saturated carbocycles. The minimum absolute atomic E-state index is 0.0841. The highest BCUT2D eigenvalue weighted by atomic mass is 16.6. The van der Waals surface area contributed by atoms with Crippen LogP contribution in [0.5, 0.6) is 11.5 Å². The van der Waals surface area contributed by atoms with E-state index in [0.717, 1.165) is 36.6 Å². The maximum absolute atomic E-state index is 6.30. The summed E-state index contributed by atoms with van der Waals surface area (Å²) in [4.78, 5) is 0. The lowest BCUT2D eigenvalue weighted by molar-refractivity contribution is 0.171. The van der Waals surface area contributed by atoms with Crippen LogP contribution in [0.25, 0.3) is 0 Å². The second-order valence-electron chi connectivity index (χ2n) is 4.68. The van der Waals surface area contributed by atoms with Crippen LogP contribution < -0.4 is 20.5 Å². The van der Waals surface area contributed by atoms with Crippen molar-refractivity contribution < 1.29 is 9.47 Å². The van der Waals surface area contributed by atoms with Crippen molar-refractivity contribution in [3.05, 3.63) is 23.8 Å². The van der Waals surface area contributed by atoms with Crippen LogP contribution in [0, 0.1) is 5.92 Å². The van der Waals surface area contributed by atoms with Crippen molar-refractivity contribution in [3.8, 4) is 11.5 Å². The van der Waals surface area contributed by atoms with Crippen LogP contribution in [0.3, 0.4) is 0 Å². The van der Waals surface area contributed by atoms with Crippen LogP contribution in [0.4, 0.5) is 0 Å². The van der Waals surface area contributed by atoms with E-state index in [2.05, 4.69) is 11.4 Å². The smallest absolute Gasteiger partial charge is 0.161 e. The highest BCUT2D eigenvalue weighted by Gasteiger charge is 2.24. The molecule has 0 aliphatic carbocycles. The van der Waals surface area contributed by atoms with Gasteiger partial charge < -0.3 is 20.5 Å². The Kier molecular flexibility index (Phi) is 2.91. The molecule has 2 aliphatic heterocycles. The molecule has 0 amide bonds. The van der Waals surface area contributed by atoms with Crippen molar-refractivity contribution in [3.63, 3.8) is 0 Å². The molecule has 92 valence electrons. The van der Waals surface area contributed by atoms with Gasteiger partial charge >= 0.3 is 0 Å². The van der Waals surface area contributed by atoms with Gasteiger partial charge in [-0.25, -0.2) is 0 Å². The van der Waals surface area contributed by atoms with E-state index in [1.54, 1.807) is 0 Å². The van der Waals surface area contributed by atoms with Crippen LogP contribution in [-0.4, -0.2) is 26.3 Å². The number of hydrogen-bond acceptors (Lipinski definition) is 4. The van der Waals surface area contributed by atoms with E-state index >= 15 is 0 Å². The van der Waals surface area contributed by atoms with Crippen LogP contribution in [0.1, 0.15) is 18.0 Å². The van der Waals surface area contributed by atoms with Crippen molar-refractivity contribution in [2.45, 2.75) is 12.5 Å². The fourth-order valence-corrected chi connectivity index (χ4v) is 2.52. The summed E-state index contributed by atoms with van der Waals surface area (Å²) in [7, 11) is 0. The molecule has 17 heavy (non-hydrogen) atoms. The predicted molar refractivity (Wildman–Crippen MR) is 65.3 cm³/mol. The highest BCUT2D eigenvalue weighted by molar-refractivity contribution is 5.44. The molecule has 2 heterocycles. The molecule has 3 N–H and O–H groups in total. The lowest BCUT2D eigenvalue weighted by Gasteiger charge is -2.22. The molecule has 0 radical (unpaired) electrons. The first-order valence-corrected chi connectivity index (χ1v) is 6.20. The SMILES string of the molecule is NC(c1ccc2c(c1)OCCO2)C1CCNC1. The first kappa shape index (κ1) is 10.9. The maximum atomic E-state index is 6.30. The normalized spacial score (nSPS) is 24.6. The number of nitrogens with two attached hydrogens (primary N) is 1. The Balaban J connectivity index is 1.82. The van der Waals surface area contributed by atoms with Crippen LogP contribution >= 0.6 is 0 Å². The van der Waals surface area contributed by atoms with Gasteiger partial charge in [-0.05, 0) is 43.1 Å². The number of ether oxygens (including phenoxy) is 2. The van der Waals surface area contributed by atoms with Gasteiger partial charge in [-0.3, -0.25) is 0 Å². The lowest BCUT2D eigenvalue weighted by atomic mass is 9.93. The number of benzene rings is 1. The van der Waals surface area contributed by atoms with Crippen molar-refractivity contribution >= 4 is 0 Å². The second kappa shape index (κ2) is 4.55. The summed E-state index contributed by atoms with van der Waals surface area (Å²) in [5.41, 5.74) is 7.44. The van der Waals surface area contributed by atoms with E-state index in [-0.39, 0.29) is 6.04 Å². The van der Waals surface area contributed by atoms with Gasteiger partial charge in [-0.2, -0.15) is 0 Å². The number of fused-ring (bicyclic) bond motifs is 1. The number of hydrogen-bond donors (Lipinski definition) is 2. The molecule has 2 aliphatic rings. The maximum Gasteiger partial charge on any atom is 0.161 e. The average molecular weight is 234 g/mol. The topological polar surface area (TPSA) is 56.5 Å². The van der Waals surface area contributed by atoms with E-state index in [0.29, 0.717) is 19.1 Å². The second-order valence-corrected chi connectivity index (χ2v) is 4.68. The van der Waals surface area contributed by atoms with Gasteiger partial charge in [0.2, 0.25) is 0 Å². The molecule has 3 rings (SSSR count). The average Bonchev–Trinajstić information content (AvgIpc) is 2.91. The zero-order chi connectivity index (χ0) is 11.7. The Morgan fingerprint density at radius 1 is 1.24 bits per heavy atom. The quantitative estimate of drug-likeness (QED) is 0.803. The molecule has 1 aromatic rings. The molecule has 4 nitrogen and oxygen atoms in total. The third-order valence-electron chi connectivity index (χ3n) is 3.56. The third-order valence-corrected chi connectivity index (χ3v) is 3.56. The molecular formula is C13H18N2O2. The summed E-state index contributed by atoms with van der Waals surface area (Å²) in [5.74, 6) is 2.18.